The largest absolute Gasteiger partial charge is 0.479 e. The zero-order valence-electron chi connectivity index (χ0n) is 7.75. The maximum absolute atomic E-state index is 11.0. The number of carboxylic acids is 1. The van der Waals surface area contributed by atoms with Crippen molar-refractivity contribution in [3.8, 4) is 0 Å². The molecule has 0 bridgehead atoms. The van der Waals surface area contributed by atoms with E-state index in [-0.39, 0.29) is 6.54 Å². The van der Waals surface area contributed by atoms with Crippen LogP contribution >= 0.6 is 0 Å². The molecule has 0 aliphatic carbocycles. The van der Waals surface area contributed by atoms with Gasteiger partial charge in [-0.1, -0.05) is 24.3 Å². The Labute approximate surface area is 85.6 Å². The Balaban J connectivity index is 2.46. The molecular formula is C10H9NO4. The smallest absolute Gasteiger partial charge is 0.408 e. The van der Waals surface area contributed by atoms with Gasteiger partial charge in [-0.3, -0.25) is 4.90 Å². The normalized spacial score (nSPS) is 18.7. The minimum Gasteiger partial charge on any atom is -0.479 e. The molecule has 0 aromatic heterocycles. The van der Waals surface area contributed by atoms with E-state index in [1.165, 1.54) is 0 Å². The van der Waals surface area contributed by atoms with E-state index in [1.807, 2.05) is 0 Å². The lowest BCUT2D eigenvalue weighted by atomic mass is 10.1. The number of amides is 1. The monoisotopic (exact) mass is 207 g/mol. The van der Waals surface area contributed by atoms with Gasteiger partial charge in [0, 0.05) is 0 Å². The summed E-state index contributed by atoms with van der Waals surface area (Å²) in [4.78, 5) is 22.7. The minimum absolute atomic E-state index is 0.141. The van der Waals surface area contributed by atoms with E-state index in [1.54, 1.807) is 24.3 Å². The number of carbonyl (C=O) groups is 2. The summed E-state index contributed by atoms with van der Waals surface area (Å²) in [6, 6.07) is 5.80. The van der Waals surface area contributed by atoms with Gasteiger partial charge in [-0.15, -0.1) is 0 Å². The van der Waals surface area contributed by atoms with E-state index in [4.69, 9.17) is 10.2 Å². The standard InChI is InChI=1S/C10H9NO4/c12-9(13)8-7-4-2-1-3-6(7)5-11(8)10(14)15/h1-4,8H,5H2,(H,12,13)(H,14,15)/t8-/m1/s1. The van der Waals surface area contributed by atoms with E-state index in [0.717, 1.165) is 10.5 Å². The van der Waals surface area contributed by atoms with E-state index in [9.17, 15) is 9.59 Å². The molecule has 1 aromatic carbocycles. The van der Waals surface area contributed by atoms with Crippen molar-refractivity contribution in [3.05, 3.63) is 35.4 Å². The molecule has 1 atom stereocenters. The van der Waals surface area contributed by atoms with Crippen LogP contribution < -0.4 is 0 Å². The van der Waals surface area contributed by atoms with Crippen LogP contribution in [0.15, 0.2) is 24.3 Å². The molecule has 0 radical (unpaired) electrons. The van der Waals surface area contributed by atoms with Gasteiger partial charge in [-0.2, -0.15) is 0 Å². The molecule has 0 unspecified atom stereocenters. The lowest BCUT2D eigenvalue weighted by Gasteiger charge is -2.17. The first kappa shape index (κ1) is 9.51. The minimum atomic E-state index is -1.21. The average molecular weight is 207 g/mol. The van der Waals surface area contributed by atoms with Crippen LogP contribution in [0.3, 0.4) is 0 Å². The lowest BCUT2D eigenvalue weighted by Crippen LogP contribution is -2.32. The highest BCUT2D eigenvalue weighted by Crippen LogP contribution is 2.33. The van der Waals surface area contributed by atoms with Crippen LogP contribution in [0.25, 0.3) is 0 Å². The van der Waals surface area contributed by atoms with Gasteiger partial charge in [0.25, 0.3) is 0 Å². The third kappa shape index (κ3) is 1.41. The van der Waals surface area contributed by atoms with Gasteiger partial charge in [0.2, 0.25) is 0 Å². The molecule has 2 rings (SSSR count). The molecule has 5 heteroatoms. The van der Waals surface area contributed by atoms with Gasteiger partial charge in [-0.25, -0.2) is 9.59 Å². The Morgan fingerprint density at radius 1 is 1.27 bits per heavy atom. The third-order valence-electron chi connectivity index (χ3n) is 2.48. The highest BCUT2D eigenvalue weighted by Gasteiger charge is 2.38. The van der Waals surface area contributed by atoms with Crippen LogP contribution in [0.1, 0.15) is 17.2 Å². The Hall–Kier alpha value is -2.04. The molecule has 2 N–H and O–H groups in total. The average Bonchev–Trinajstić information content (AvgIpc) is 2.56. The number of hydrogen-bond donors (Lipinski definition) is 2. The Kier molecular flexibility index (Phi) is 2.07. The molecule has 1 heterocycles. The van der Waals surface area contributed by atoms with Crippen molar-refractivity contribution < 1.29 is 19.8 Å². The summed E-state index contributed by atoms with van der Waals surface area (Å²) in [6.45, 7) is 0.141. The van der Waals surface area contributed by atoms with Crippen molar-refractivity contribution in [1.29, 1.82) is 0 Å². The van der Waals surface area contributed by atoms with Gasteiger partial charge in [0.05, 0.1) is 6.54 Å². The fraction of sp³-hybridized carbons (Fsp3) is 0.200. The van der Waals surface area contributed by atoms with Gasteiger partial charge < -0.3 is 10.2 Å². The maximum atomic E-state index is 11.0. The van der Waals surface area contributed by atoms with Gasteiger partial charge in [-0.05, 0) is 11.1 Å². The maximum Gasteiger partial charge on any atom is 0.408 e. The number of fused-ring (bicyclic) bond motifs is 1. The Morgan fingerprint density at radius 2 is 1.93 bits per heavy atom. The fourth-order valence-corrected chi connectivity index (χ4v) is 1.83. The Morgan fingerprint density at radius 3 is 2.53 bits per heavy atom. The lowest BCUT2D eigenvalue weighted by molar-refractivity contribution is -0.142. The van der Waals surface area contributed by atoms with Crippen LogP contribution in [0.5, 0.6) is 0 Å². The predicted octanol–water partition coefficient (Wildman–Crippen LogP) is 1.31. The molecule has 1 amide bonds. The summed E-state index contributed by atoms with van der Waals surface area (Å²) in [5, 5.41) is 17.8. The molecule has 5 nitrogen and oxygen atoms in total. The third-order valence-corrected chi connectivity index (χ3v) is 2.48. The first-order chi connectivity index (χ1) is 7.11. The summed E-state index contributed by atoms with van der Waals surface area (Å²) >= 11 is 0. The van der Waals surface area contributed by atoms with Crippen molar-refractivity contribution in [1.82, 2.24) is 4.90 Å². The van der Waals surface area contributed by atoms with Gasteiger partial charge in [0.1, 0.15) is 0 Å². The first-order valence-corrected chi connectivity index (χ1v) is 4.41. The topological polar surface area (TPSA) is 77.8 Å². The van der Waals surface area contributed by atoms with E-state index in [0.29, 0.717) is 5.56 Å². The van der Waals surface area contributed by atoms with Crippen molar-refractivity contribution in [2.75, 3.05) is 0 Å². The molecule has 78 valence electrons. The van der Waals surface area contributed by atoms with Crippen molar-refractivity contribution >= 4 is 12.1 Å². The highest BCUT2D eigenvalue weighted by molar-refractivity contribution is 5.82. The van der Waals surface area contributed by atoms with Crippen LogP contribution in [-0.4, -0.2) is 27.2 Å². The van der Waals surface area contributed by atoms with Crippen LogP contribution in [-0.2, 0) is 11.3 Å². The summed E-state index contributed by atoms with van der Waals surface area (Å²) in [5.41, 5.74) is 1.32. The second-order valence-electron chi connectivity index (χ2n) is 3.35. The SMILES string of the molecule is O=C(O)[C@H]1c2ccccc2CN1C(=O)O. The molecule has 15 heavy (non-hydrogen) atoms. The predicted molar refractivity (Wildman–Crippen MR) is 50.4 cm³/mol. The molecule has 0 saturated heterocycles. The van der Waals surface area contributed by atoms with Crippen molar-refractivity contribution in [2.24, 2.45) is 0 Å². The van der Waals surface area contributed by atoms with Crippen LogP contribution in [0.2, 0.25) is 0 Å². The zero-order valence-corrected chi connectivity index (χ0v) is 7.75. The number of carboxylic acid groups (broad SMARTS) is 2. The number of benzene rings is 1. The summed E-state index contributed by atoms with van der Waals surface area (Å²) < 4.78 is 0. The van der Waals surface area contributed by atoms with E-state index in [2.05, 4.69) is 0 Å². The molecule has 0 saturated carbocycles. The second-order valence-corrected chi connectivity index (χ2v) is 3.35. The summed E-state index contributed by atoms with van der Waals surface area (Å²) in [6.07, 6.45) is -1.21. The fourth-order valence-electron chi connectivity index (χ4n) is 1.83. The second kappa shape index (κ2) is 3.27. The molecule has 0 spiro atoms. The summed E-state index contributed by atoms with van der Waals surface area (Å²) in [5.74, 6) is -1.14. The molecule has 0 fully saturated rings. The Bertz CT molecular complexity index is 429. The number of rotatable bonds is 1. The molecule has 1 aliphatic rings. The van der Waals surface area contributed by atoms with E-state index >= 15 is 0 Å². The zero-order chi connectivity index (χ0) is 11.0. The highest BCUT2D eigenvalue weighted by atomic mass is 16.4. The summed E-state index contributed by atoms with van der Waals surface area (Å²) in [7, 11) is 0. The van der Waals surface area contributed by atoms with Crippen molar-refractivity contribution in [3.63, 3.8) is 0 Å². The van der Waals surface area contributed by atoms with Crippen molar-refractivity contribution in [2.45, 2.75) is 12.6 Å². The molecule has 1 aromatic rings. The number of hydrogen-bond acceptors (Lipinski definition) is 2. The van der Waals surface area contributed by atoms with Gasteiger partial charge in [0.15, 0.2) is 6.04 Å². The molecular weight excluding hydrogens is 198 g/mol. The quantitative estimate of drug-likeness (QED) is 0.727. The molecule has 1 aliphatic heterocycles. The van der Waals surface area contributed by atoms with E-state index < -0.39 is 18.1 Å². The van der Waals surface area contributed by atoms with Crippen LogP contribution in [0.4, 0.5) is 4.79 Å². The number of aliphatic carboxylic acids is 1. The number of nitrogens with zero attached hydrogens (tertiary/aromatic N) is 1. The first-order valence-electron chi connectivity index (χ1n) is 4.41. The van der Waals surface area contributed by atoms with Gasteiger partial charge >= 0.3 is 12.1 Å². The van der Waals surface area contributed by atoms with Crippen LogP contribution in [0, 0.1) is 0 Å².